The lowest BCUT2D eigenvalue weighted by atomic mass is 9.88. The van der Waals surface area contributed by atoms with Crippen molar-refractivity contribution in [3.8, 4) is 5.75 Å². The molecule has 0 aromatic heterocycles. The van der Waals surface area contributed by atoms with Gasteiger partial charge in [0.25, 0.3) is 0 Å². The number of benzene rings is 1. The van der Waals surface area contributed by atoms with Crippen LogP contribution in [0.5, 0.6) is 5.75 Å². The molecule has 0 radical (unpaired) electrons. The zero-order valence-corrected chi connectivity index (χ0v) is 10.9. The lowest BCUT2D eigenvalue weighted by Gasteiger charge is -2.22. The molecule has 1 aromatic carbocycles. The minimum absolute atomic E-state index is 0.230. The highest BCUT2D eigenvalue weighted by Gasteiger charge is 2.29. The second kappa shape index (κ2) is 5.54. The van der Waals surface area contributed by atoms with Crippen LogP contribution in [0, 0.1) is 5.92 Å². The first-order valence-corrected chi connectivity index (χ1v) is 6.68. The third-order valence-corrected chi connectivity index (χ3v) is 3.64. The van der Waals surface area contributed by atoms with Crippen LogP contribution in [-0.2, 0) is 0 Å². The van der Waals surface area contributed by atoms with Crippen LogP contribution in [0.25, 0.3) is 0 Å². The summed E-state index contributed by atoms with van der Waals surface area (Å²) in [7, 11) is 0. The molecule has 2 unspecified atom stereocenters. The molecular weight excluding hydrogens is 210 g/mol. The molecule has 94 valence electrons. The molecule has 0 aliphatic heterocycles. The first-order chi connectivity index (χ1) is 8.22. The predicted molar refractivity (Wildman–Crippen MR) is 71.3 cm³/mol. The maximum Gasteiger partial charge on any atom is 0.123 e. The van der Waals surface area contributed by atoms with Crippen molar-refractivity contribution in [2.45, 2.75) is 45.1 Å². The minimum Gasteiger partial charge on any atom is -0.491 e. The van der Waals surface area contributed by atoms with Crippen LogP contribution in [0.4, 0.5) is 0 Å². The van der Waals surface area contributed by atoms with E-state index in [4.69, 9.17) is 10.5 Å². The Bertz CT molecular complexity index is 362. The fourth-order valence-corrected chi connectivity index (χ4v) is 2.88. The molecule has 2 N–H and O–H groups in total. The quantitative estimate of drug-likeness (QED) is 0.866. The van der Waals surface area contributed by atoms with E-state index in [1.54, 1.807) is 0 Å². The van der Waals surface area contributed by atoms with E-state index in [0.29, 0.717) is 11.8 Å². The third kappa shape index (κ3) is 2.81. The molecule has 2 nitrogen and oxygen atoms in total. The van der Waals surface area contributed by atoms with Gasteiger partial charge in [-0.2, -0.15) is 0 Å². The summed E-state index contributed by atoms with van der Waals surface area (Å²) in [5, 5.41) is 0. The van der Waals surface area contributed by atoms with Gasteiger partial charge in [0.1, 0.15) is 5.75 Å². The summed E-state index contributed by atoms with van der Waals surface area (Å²) in [6.45, 7) is 4.94. The highest BCUT2D eigenvalue weighted by Crippen LogP contribution is 2.42. The summed E-state index contributed by atoms with van der Waals surface area (Å²) < 4.78 is 5.91. The van der Waals surface area contributed by atoms with Gasteiger partial charge < -0.3 is 10.5 Å². The minimum atomic E-state index is 0.230. The molecular formula is C15H23NO. The first-order valence-electron chi connectivity index (χ1n) is 6.68. The van der Waals surface area contributed by atoms with Crippen LogP contribution in [0.15, 0.2) is 24.3 Å². The van der Waals surface area contributed by atoms with Gasteiger partial charge in [-0.3, -0.25) is 0 Å². The predicted octanol–water partition coefficient (Wildman–Crippen LogP) is 3.32. The van der Waals surface area contributed by atoms with Crippen LogP contribution in [0.2, 0.25) is 0 Å². The number of ether oxygens (including phenoxy) is 1. The Morgan fingerprint density at radius 1 is 1.29 bits per heavy atom. The molecule has 1 aliphatic carbocycles. The van der Waals surface area contributed by atoms with Crippen molar-refractivity contribution in [3.05, 3.63) is 29.8 Å². The third-order valence-electron chi connectivity index (χ3n) is 3.64. The maximum absolute atomic E-state index is 5.91. The van der Waals surface area contributed by atoms with Gasteiger partial charge in [-0.25, -0.2) is 0 Å². The van der Waals surface area contributed by atoms with Gasteiger partial charge in [-0.15, -0.1) is 0 Å². The summed E-state index contributed by atoms with van der Waals surface area (Å²) >= 11 is 0. The average Bonchev–Trinajstić information content (AvgIpc) is 2.77. The van der Waals surface area contributed by atoms with Crippen molar-refractivity contribution in [1.29, 1.82) is 0 Å². The summed E-state index contributed by atoms with van der Waals surface area (Å²) in [6.07, 6.45) is 4.04. The zero-order valence-electron chi connectivity index (χ0n) is 10.9. The molecule has 2 rings (SSSR count). The molecule has 2 atom stereocenters. The van der Waals surface area contributed by atoms with Crippen LogP contribution >= 0.6 is 0 Å². The summed E-state index contributed by atoms with van der Waals surface area (Å²) in [4.78, 5) is 0. The fraction of sp³-hybridized carbons (Fsp3) is 0.600. The number of hydrogen-bond acceptors (Lipinski definition) is 2. The van der Waals surface area contributed by atoms with Crippen LogP contribution in [0.3, 0.4) is 0 Å². The molecule has 2 heteroatoms. The van der Waals surface area contributed by atoms with E-state index in [2.05, 4.69) is 32.0 Å². The van der Waals surface area contributed by atoms with E-state index in [-0.39, 0.29) is 6.10 Å². The van der Waals surface area contributed by atoms with Crippen molar-refractivity contribution in [2.24, 2.45) is 11.7 Å². The Balaban J connectivity index is 2.24. The Hall–Kier alpha value is -1.02. The molecule has 0 spiro atoms. The van der Waals surface area contributed by atoms with Gasteiger partial charge in [0.05, 0.1) is 6.10 Å². The monoisotopic (exact) mass is 233 g/mol. The Labute approximate surface area is 104 Å². The molecule has 0 saturated heterocycles. The maximum atomic E-state index is 5.91. The van der Waals surface area contributed by atoms with Gasteiger partial charge in [0, 0.05) is 0 Å². The van der Waals surface area contributed by atoms with E-state index >= 15 is 0 Å². The van der Waals surface area contributed by atoms with Gasteiger partial charge in [-0.1, -0.05) is 24.6 Å². The standard InChI is InChI=1S/C15H23NO/c1-11(2)17-15-9-4-3-7-14(15)13-8-5-6-12(13)10-16/h3-4,7,9,11-13H,5-6,8,10,16H2,1-2H3. The van der Waals surface area contributed by atoms with Crippen LogP contribution in [0.1, 0.15) is 44.6 Å². The van der Waals surface area contributed by atoms with Crippen LogP contribution < -0.4 is 10.5 Å². The number of rotatable bonds is 4. The van der Waals surface area contributed by atoms with Gasteiger partial charge in [0.2, 0.25) is 0 Å². The topological polar surface area (TPSA) is 35.2 Å². The van der Waals surface area contributed by atoms with E-state index in [1.165, 1.54) is 24.8 Å². The van der Waals surface area contributed by atoms with E-state index in [1.807, 2.05) is 6.07 Å². The van der Waals surface area contributed by atoms with Crippen molar-refractivity contribution >= 4 is 0 Å². The lowest BCUT2D eigenvalue weighted by molar-refractivity contribution is 0.237. The Morgan fingerprint density at radius 2 is 2.06 bits per heavy atom. The molecule has 1 saturated carbocycles. The Morgan fingerprint density at radius 3 is 2.76 bits per heavy atom. The lowest BCUT2D eigenvalue weighted by Crippen LogP contribution is -2.18. The normalized spacial score (nSPS) is 24.2. The van der Waals surface area contributed by atoms with Crippen molar-refractivity contribution < 1.29 is 4.74 Å². The number of hydrogen-bond donors (Lipinski definition) is 1. The zero-order chi connectivity index (χ0) is 12.3. The largest absolute Gasteiger partial charge is 0.491 e. The molecule has 1 aliphatic rings. The molecule has 1 aromatic rings. The second-order valence-corrected chi connectivity index (χ2v) is 5.24. The highest BCUT2D eigenvalue weighted by molar-refractivity contribution is 5.37. The molecule has 0 heterocycles. The average molecular weight is 233 g/mol. The van der Waals surface area contributed by atoms with E-state index in [9.17, 15) is 0 Å². The first kappa shape index (κ1) is 12.4. The number of nitrogens with two attached hydrogens (primary N) is 1. The van der Waals surface area contributed by atoms with E-state index < -0.39 is 0 Å². The fourth-order valence-electron chi connectivity index (χ4n) is 2.88. The smallest absolute Gasteiger partial charge is 0.123 e. The summed E-state index contributed by atoms with van der Waals surface area (Å²) in [5.41, 5.74) is 7.23. The van der Waals surface area contributed by atoms with Crippen molar-refractivity contribution in [1.82, 2.24) is 0 Å². The summed E-state index contributed by atoms with van der Waals surface area (Å²) in [5.74, 6) is 2.27. The SMILES string of the molecule is CC(C)Oc1ccccc1C1CCCC1CN. The van der Waals surface area contributed by atoms with Gasteiger partial charge >= 0.3 is 0 Å². The number of para-hydroxylation sites is 1. The summed E-state index contributed by atoms with van der Waals surface area (Å²) in [6, 6.07) is 8.44. The molecule has 17 heavy (non-hydrogen) atoms. The Kier molecular flexibility index (Phi) is 4.06. The molecule has 0 bridgehead atoms. The van der Waals surface area contributed by atoms with Crippen molar-refractivity contribution in [2.75, 3.05) is 6.54 Å². The molecule has 0 amide bonds. The van der Waals surface area contributed by atoms with E-state index in [0.717, 1.165) is 12.3 Å². The van der Waals surface area contributed by atoms with Crippen LogP contribution in [-0.4, -0.2) is 12.6 Å². The highest BCUT2D eigenvalue weighted by atomic mass is 16.5. The van der Waals surface area contributed by atoms with Crippen molar-refractivity contribution in [3.63, 3.8) is 0 Å². The van der Waals surface area contributed by atoms with Gasteiger partial charge in [0.15, 0.2) is 0 Å². The van der Waals surface area contributed by atoms with Gasteiger partial charge in [-0.05, 0) is 56.7 Å². The molecule has 1 fully saturated rings. The second-order valence-electron chi connectivity index (χ2n) is 5.24.